The van der Waals surface area contributed by atoms with Gasteiger partial charge in [0.25, 0.3) is 0 Å². The zero-order valence-electron chi connectivity index (χ0n) is 11.8. The van der Waals surface area contributed by atoms with Crippen LogP contribution in [0.2, 0.25) is 0 Å². The summed E-state index contributed by atoms with van der Waals surface area (Å²) in [6, 6.07) is 4.42. The predicted octanol–water partition coefficient (Wildman–Crippen LogP) is -2.92. The van der Waals surface area contributed by atoms with Crippen LogP contribution in [0.1, 0.15) is 0 Å². The van der Waals surface area contributed by atoms with Gasteiger partial charge in [-0.05, 0) is 22.2 Å². The molecule has 0 saturated carbocycles. The smallest absolute Gasteiger partial charge is 0.762 e. The van der Waals surface area contributed by atoms with E-state index in [1.54, 1.807) is 6.20 Å². The lowest BCUT2D eigenvalue weighted by Gasteiger charge is -2.06. The van der Waals surface area contributed by atoms with Crippen LogP contribution >= 0.6 is 0 Å². The highest BCUT2D eigenvalue weighted by molar-refractivity contribution is 6.33. The molecule has 3 heterocycles. The molecular formula is C10H13BF4N6O. The molecular weight excluding hydrogens is 307 g/mol. The maximum atomic E-state index is 9.67. The molecule has 0 unspecified atom stereocenters. The number of hydrogen-bond donors (Lipinski definition) is 0. The van der Waals surface area contributed by atoms with Crippen LogP contribution < -0.4 is 9.54 Å². The molecule has 0 fully saturated rings. The Balaban J connectivity index is 0.000000436. The van der Waals surface area contributed by atoms with E-state index in [2.05, 4.69) is 15.3 Å². The molecule has 0 atom stereocenters. The number of hydrogen-bond acceptors (Lipinski definition) is 5. The summed E-state index contributed by atoms with van der Waals surface area (Å²) in [5.41, 5.74) is 1.34. The van der Waals surface area contributed by atoms with Crippen molar-refractivity contribution in [3.05, 3.63) is 18.3 Å². The van der Waals surface area contributed by atoms with Crippen LogP contribution in [0.25, 0.3) is 11.2 Å². The third-order valence-electron chi connectivity index (χ3n) is 2.77. The Hall–Kier alpha value is -2.40. The van der Waals surface area contributed by atoms with E-state index in [0.717, 1.165) is 24.6 Å². The molecule has 7 nitrogen and oxygen atoms in total. The van der Waals surface area contributed by atoms with Crippen molar-refractivity contribution in [2.45, 2.75) is 0 Å². The summed E-state index contributed by atoms with van der Waals surface area (Å²) in [6.45, 7) is 1.87. The molecule has 1 aliphatic rings. The molecule has 0 aromatic carbocycles. The number of nitrogens with zero attached hydrogens (tertiary/aromatic N) is 6. The predicted molar refractivity (Wildman–Crippen MR) is 69.7 cm³/mol. The third kappa shape index (κ3) is 4.05. The number of fused-ring (bicyclic) bond motifs is 1. The van der Waals surface area contributed by atoms with Gasteiger partial charge in [0.05, 0.1) is 14.1 Å². The van der Waals surface area contributed by atoms with Crippen molar-refractivity contribution in [1.82, 2.24) is 25.0 Å². The van der Waals surface area contributed by atoms with E-state index in [9.17, 15) is 12.9 Å². The molecule has 0 bridgehead atoms. The number of amidine groups is 1. The first-order valence-corrected chi connectivity index (χ1v) is 6.05. The van der Waals surface area contributed by atoms with Gasteiger partial charge in [0.2, 0.25) is 5.65 Å². The largest absolute Gasteiger partial charge is 1.00 e. The summed E-state index contributed by atoms with van der Waals surface area (Å²) in [5, 5.41) is 7.92. The van der Waals surface area contributed by atoms with Crippen molar-refractivity contribution in [3.63, 3.8) is 0 Å². The Bertz CT molecular complexity index is 648. The zero-order valence-corrected chi connectivity index (χ0v) is 11.8. The normalized spacial score (nSPS) is 13.6. The Kier molecular flexibility index (Phi) is 6.07. The topological polar surface area (TPSA) is 59.1 Å². The fourth-order valence-corrected chi connectivity index (χ4v) is 1.81. The molecule has 22 heavy (non-hydrogen) atoms. The third-order valence-corrected chi connectivity index (χ3v) is 2.77. The molecule has 3 rings (SSSR count). The number of rotatable bonds is 1. The molecule has 2 aromatic rings. The van der Waals surface area contributed by atoms with E-state index >= 15 is 0 Å². The van der Waals surface area contributed by atoms with Gasteiger partial charge >= 0.3 is 13.6 Å². The monoisotopic (exact) mass is 320 g/mol. The summed E-state index contributed by atoms with van der Waals surface area (Å²) in [7, 11) is 0.288. The molecule has 12 heteroatoms. The highest BCUT2D eigenvalue weighted by Gasteiger charge is 2.29. The van der Waals surface area contributed by atoms with E-state index in [-0.39, 0.29) is 4.70 Å². The van der Waals surface area contributed by atoms with Crippen molar-refractivity contribution in [2.24, 2.45) is 0 Å². The molecule has 0 N–H and O–H groups in total. The minimum Gasteiger partial charge on any atom is -1.00 e. The van der Waals surface area contributed by atoms with Crippen LogP contribution in [-0.2, 0) is 0 Å². The van der Waals surface area contributed by atoms with Gasteiger partial charge < -0.3 is 4.70 Å². The number of aromatic nitrogens is 4. The average molecular weight is 320 g/mol. The first-order chi connectivity index (χ1) is 9.99. The van der Waals surface area contributed by atoms with Crippen LogP contribution in [0.3, 0.4) is 0 Å². The average Bonchev–Trinajstić information content (AvgIpc) is 2.97. The highest BCUT2D eigenvalue weighted by atomic mass is 19.4. The fraction of sp³-hybridized carbons (Fsp3) is 0.400. The lowest BCUT2D eigenvalue weighted by atomic mass is 10.4. The summed E-state index contributed by atoms with van der Waals surface area (Å²) < 4.78 is 31.0. The van der Waals surface area contributed by atoms with Gasteiger partial charge in [-0.25, -0.2) is 14.5 Å². The van der Waals surface area contributed by atoms with Gasteiger partial charge in [-0.15, -0.1) is 5.10 Å². The van der Waals surface area contributed by atoms with Gasteiger partial charge in [-0.3, -0.25) is 17.8 Å². The minimum absolute atomic E-state index is 0. The zero-order chi connectivity index (χ0) is 15.4. The van der Waals surface area contributed by atoms with Crippen LogP contribution in [0.15, 0.2) is 18.3 Å². The van der Waals surface area contributed by atoms with Gasteiger partial charge in [-0.2, -0.15) is 0 Å². The minimum atomic E-state index is -3.67. The van der Waals surface area contributed by atoms with E-state index in [0.29, 0.717) is 5.65 Å². The van der Waals surface area contributed by atoms with Crippen LogP contribution in [-0.4, -0.2) is 70.4 Å². The second-order valence-electron chi connectivity index (χ2n) is 4.27. The van der Waals surface area contributed by atoms with Crippen LogP contribution in [0.4, 0.5) is 12.9 Å². The molecule has 0 radical (unpaired) electrons. The SMILES string of the molecule is CN1CC[N+](C)=C1On1nnc2cccnc21.FB(F)F.[F-]. The van der Waals surface area contributed by atoms with Crippen molar-refractivity contribution in [1.29, 1.82) is 0 Å². The molecule has 0 saturated heterocycles. The van der Waals surface area contributed by atoms with Crippen molar-refractivity contribution in [3.8, 4) is 0 Å². The van der Waals surface area contributed by atoms with Gasteiger partial charge in [0.15, 0.2) is 0 Å². The Morgan fingerprint density at radius 3 is 2.64 bits per heavy atom. The summed E-state index contributed by atoms with van der Waals surface area (Å²) in [5.74, 6) is 0. The Morgan fingerprint density at radius 2 is 2.05 bits per heavy atom. The fourth-order valence-electron chi connectivity index (χ4n) is 1.81. The molecule has 120 valence electrons. The van der Waals surface area contributed by atoms with Gasteiger partial charge in [-0.1, -0.05) is 0 Å². The quantitative estimate of drug-likeness (QED) is 0.320. The van der Waals surface area contributed by atoms with E-state index in [1.165, 1.54) is 4.85 Å². The number of pyridine rings is 1. The van der Waals surface area contributed by atoms with Crippen molar-refractivity contribution >= 4 is 24.7 Å². The maximum Gasteiger partial charge on any atom is 0.762 e. The molecule has 0 spiro atoms. The van der Waals surface area contributed by atoms with Gasteiger partial charge in [0, 0.05) is 6.20 Å². The number of halogens is 4. The summed E-state index contributed by atoms with van der Waals surface area (Å²) in [4.78, 5) is 13.3. The lowest BCUT2D eigenvalue weighted by Crippen LogP contribution is -3.00. The summed E-state index contributed by atoms with van der Waals surface area (Å²) >= 11 is 0. The van der Waals surface area contributed by atoms with E-state index in [1.807, 2.05) is 35.7 Å². The highest BCUT2D eigenvalue weighted by Crippen LogP contribution is 2.05. The molecule has 2 aromatic heterocycles. The van der Waals surface area contributed by atoms with Crippen LogP contribution in [0.5, 0.6) is 0 Å². The first-order valence-electron chi connectivity index (χ1n) is 6.05. The number of likely N-dealkylation sites (N-methyl/N-ethyl adjacent to an activating group) is 2. The second-order valence-corrected chi connectivity index (χ2v) is 4.27. The molecule has 0 aliphatic carbocycles. The lowest BCUT2D eigenvalue weighted by molar-refractivity contribution is -0.495. The van der Waals surface area contributed by atoms with Gasteiger partial charge in [0.1, 0.15) is 18.6 Å². The standard InChI is InChI=1S/C10H13N6O.BF3.FH/c1-14-6-7-15(2)10(14)17-16-9-8(12-13-16)4-3-5-11-9;2-1(3)4;/h3-5H,6-7H2,1-2H3;;1H/q+1;;/p-1. The van der Waals surface area contributed by atoms with E-state index in [4.69, 9.17) is 4.84 Å². The van der Waals surface area contributed by atoms with Crippen LogP contribution in [0, 0.1) is 0 Å². The Labute approximate surface area is 123 Å². The van der Waals surface area contributed by atoms with Crippen molar-refractivity contribution in [2.75, 3.05) is 27.2 Å². The second kappa shape index (κ2) is 7.57. The maximum absolute atomic E-state index is 9.67. The first kappa shape index (κ1) is 17.7. The summed E-state index contributed by atoms with van der Waals surface area (Å²) in [6.07, 6.45) is 1.69. The van der Waals surface area contributed by atoms with Crippen molar-refractivity contribution < 1.29 is 27.1 Å². The molecule has 0 amide bonds. The van der Waals surface area contributed by atoms with E-state index < -0.39 is 7.54 Å². The molecule has 1 aliphatic heterocycles. The Morgan fingerprint density at radius 1 is 1.36 bits per heavy atom.